The van der Waals surface area contributed by atoms with Gasteiger partial charge in [0.2, 0.25) is 11.8 Å². The number of methoxy groups -OCH3 is 1. The molecule has 2 aromatic carbocycles. The number of likely N-dealkylation sites (N-methyl/N-ethyl adjacent to an activating group) is 1. The number of carbonyl (C=O) groups is 4. The van der Waals surface area contributed by atoms with E-state index in [2.05, 4.69) is 29.1 Å². The largest absolute Gasteiger partial charge is 0.497 e. The molecule has 1 unspecified atom stereocenters. The second-order valence-electron chi connectivity index (χ2n) is 14.1. The average molecular weight is 795 g/mol. The molecule has 8 atom stereocenters. The van der Waals surface area contributed by atoms with E-state index in [0.29, 0.717) is 42.7 Å². The van der Waals surface area contributed by atoms with E-state index >= 15 is 0 Å². The van der Waals surface area contributed by atoms with E-state index in [0.717, 1.165) is 12.8 Å². The second-order valence-corrected chi connectivity index (χ2v) is 15.3. The molecule has 3 amide bonds. The number of aliphatic hydroxyl groups is 1. The van der Waals surface area contributed by atoms with Crippen molar-refractivity contribution < 1.29 is 38.5 Å². The van der Waals surface area contributed by atoms with Crippen LogP contribution in [0.25, 0.3) is 0 Å². The minimum absolute atomic E-state index is 0.0837. The van der Waals surface area contributed by atoms with Gasteiger partial charge in [0.05, 0.1) is 31.1 Å². The van der Waals surface area contributed by atoms with Crippen molar-refractivity contribution in [2.24, 2.45) is 11.8 Å². The summed E-state index contributed by atoms with van der Waals surface area (Å²) >= 11 is 3.77. The number of aliphatic hydroxyl groups excluding tert-OH is 1. The van der Waals surface area contributed by atoms with Crippen molar-refractivity contribution in [1.29, 1.82) is 0 Å². The quantitative estimate of drug-likeness (QED) is 0.0843. The Kier molecular flexibility index (Phi) is 13.6. The molecule has 53 heavy (non-hydrogen) atoms. The van der Waals surface area contributed by atoms with Gasteiger partial charge in [-0.25, -0.2) is 0 Å². The zero-order chi connectivity index (χ0) is 38.3. The van der Waals surface area contributed by atoms with Gasteiger partial charge in [-0.05, 0) is 62.4 Å². The van der Waals surface area contributed by atoms with E-state index in [9.17, 15) is 24.3 Å². The number of hydrogen-bond donors (Lipinski definition) is 1. The summed E-state index contributed by atoms with van der Waals surface area (Å²) in [6, 6.07) is 14.8. The van der Waals surface area contributed by atoms with Crippen LogP contribution in [-0.4, -0.2) is 101 Å². The van der Waals surface area contributed by atoms with Gasteiger partial charge in [0, 0.05) is 43.7 Å². The summed E-state index contributed by atoms with van der Waals surface area (Å²) in [5.74, 6) is -2.68. The van der Waals surface area contributed by atoms with Gasteiger partial charge >= 0.3 is 5.97 Å². The summed E-state index contributed by atoms with van der Waals surface area (Å²) in [7, 11) is 3.26. The monoisotopic (exact) mass is 793 g/mol. The molecule has 0 radical (unpaired) electrons. The van der Waals surface area contributed by atoms with E-state index < -0.39 is 47.7 Å². The van der Waals surface area contributed by atoms with Crippen LogP contribution in [0, 0.1) is 11.8 Å². The molecule has 12 heteroatoms. The van der Waals surface area contributed by atoms with Gasteiger partial charge in [0.1, 0.15) is 23.5 Å². The normalized spacial score (nSPS) is 25.3. The molecule has 3 aliphatic heterocycles. The van der Waals surface area contributed by atoms with Crippen LogP contribution in [0.1, 0.15) is 63.5 Å². The number of rotatable bonds is 19. The van der Waals surface area contributed by atoms with Crippen LogP contribution in [-0.2, 0) is 28.7 Å². The van der Waals surface area contributed by atoms with Gasteiger partial charge in [-0.3, -0.25) is 19.2 Å². The lowest BCUT2D eigenvalue weighted by atomic mass is 9.70. The highest BCUT2D eigenvalue weighted by Crippen LogP contribution is 2.60. The minimum Gasteiger partial charge on any atom is -0.497 e. The Morgan fingerprint density at radius 1 is 1.08 bits per heavy atom. The second kappa shape index (κ2) is 17.9. The summed E-state index contributed by atoms with van der Waals surface area (Å²) < 4.78 is 18.5. The zero-order valence-corrected chi connectivity index (χ0v) is 32.5. The van der Waals surface area contributed by atoms with E-state index in [4.69, 9.17) is 14.2 Å². The Morgan fingerprint density at radius 3 is 2.42 bits per heavy atom. The first-order chi connectivity index (χ1) is 25.5. The number of esters is 1. The third-order valence-electron chi connectivity index (χ3n) is 10.9. The van der Waals surface area contributed by atoms with Crippen LogP contribution in [0.15, 0.2) is 79.9 Å². The number of fused-ring (bicyclic) bond motifs is 1. The SMILES string of the molecule is C=CCCC(=O)N(C)[C@H](C)[C@H](OC(=O)[C@H]1[C@@H]2O[C@@]3(CC2Br)[C@@H]1C(=O)N(CCCCCCO)[C@@H]3C(=O)N(CC=C)c1ccc(OC)cc1)c1ccccc1. The van der Waals surface area contributed by atoms with E-state index in [-0.39, 0.29) is 48.7 Å². The molecule has 2 bridgehead atoms. The average Bonchev–Trinajstić information content (AvgIpc) is 3.77. The maximum atomic E-state index is 14.9. The van der Waals surface area contributed by atoms with E-state index in [1.165, 1.54) is 0 Å². The maximum Gasteiger partial charge on any atom is 0.313 e. The van der Waals surface area contributed by atoms with Gasteiger partial charge in [-0.1, -0.05) is 71.3 Å². The Hall–Kier alpha value is -4.00. The molecule has 0 aromatic heterocycles. The van der Waals surface area contributed by atoms with Crippen molar-refractivity contribution >= 4 is 45.3 Å². The zero-order valence-electron chi connectivity index (χ0n) is 30.9. The number of anilines is 1. The van der Waals surface area contributed by atoms with Crippen LogP contribution < -0.4 is 9.64 Å². The number of benzene rings is 2. The molecule has 1 N–H and O–H groups in total. The molecule has 3 saturated heterocycles. The predicted octanol–water partition coefficient (Wildman–Crippen LogP) is 5.61. The van der Waals surface area contributed by atoms with Gasteiger partial charge in [-0.2, -0.15) is 0 Å². The molecule has 286 valence electrons. The fourth-order valence-electron chi connectivity index (χ4n) is 8.15. The number of allylic oxidation sites excluding steroid dienone is 1. The molecule has 3 fully saturated rings. The predicted molar refractivity (Wildman–Crippen MR) is 205 cm³/mol. The number of unbranched alkanes of at least 4 members (excludes halogenated alkanes) is 3. The number of likely N-dealkylation sites (tertiary alicyclic amines) is 1. The first-order valence-electron chi connectivity index (χ1n) is 18.5. The number of halogens is 1. The lowest BCUT2D eigenvalue weighted by molar-refractivity contribution is -0.164. The molecule has 3 heterocycles. The summed E-state index contributed by atoms with van der Waals surface area (Å²) in [5, 5.41) is 9.32. The molecule has 0 saturated carbocycles. The Morgan fingerprint density at radius 2 is 1.77 bits per heavy atom. The molecular formula is C41H52BrN3O8. The van der Waals surface area contributed by atoms with Gasteiger partial charge in [-0.15, -0.1) is 13.2 Å². The van der Waals surface area contributed by atoms with Gasteiger partial charge in [0.25, 0.3) is 5.91 Å². The Bertz CT molecular complexity index is 1620. The van der Waals surface area contributed by atoms with Crippen molar-refractivity contribution in [3.05, 3.63) is 85.5 Å². The number of alkyl halides is 1. The highest BCUT2D eigenvalue weighted by Gasteiger charge is 2.77. The molecule has 3 aliphatic rings. The first-order valence-corrected chi connectivity index (χ1v) is 19.4. The van der Waals surface area contributed by atoms with E-state index in [1.807, 2.05) is 37.3 Å². The van der Waals surface area contributed by atoms with E-state index in [1.54, 1.807) is 65.3 Å². The third-order valence-corrected chi connectivity index (χ3v) is 11.8. The lowest BCUT2D eigenvalue weighted by Crippen LogP contribution is -2.57. The lowest BCUT2D eigenvalue weighted by Gasteiger charge is -2.37. The maximum absolute atomic E-state index is 14.9. The summed E-state index contributed by atoms with van der Waals surface area (Å²) in [6.07, 6.45) is 5.70. The standard InChI is InChI=1S/C41H52BrN3O8/c1-6-8-18-32(47)43(4)27(3)35(28-16-12-11-13-17-28)52-40(50)33-34-38(48)45(24-14-9-10-15-25-46)37(41(34)26-31(42)36(33)53-41)39(49)44(23-7-2)29-19-21-30(51-5)22-20-29/h6-7,11-13,16-17,19-22,27,31,33-37,46H,1-2,8-10,14-15,18,23-26H2,3-5H3/t27-,31?,33-,34+,35+,36-,37-,41+/m1/s1. The van der Waals surface area contributed by atoms with Gasteiger partial charge < -0.3 is 34.0 Å². The fourth-order valence-corrected chi connectivity index (χ4v) is 9.09. The molecule has 1 spiro atoms. The molecule has 5 rings (SSSR count). The van der Waals surface area contributed by atoms with Crippen molar-refractivity contribution in [2.45, 2.75) is 86.6 Å². The third kappa shape index (κ3) is 8.10. The molecular weight excluding hydrogens is 742 g/mol. The highest BCUT2D eigenvalue weighted by atomic mass is 79.9. The molecule has 2 aromatic rings. The van der Waals surface area contributed by atoms with Crippen LogP contribution in [0.5, 0.6) is 5.75 Å². The van der Waals surface area contributed by atoms with Crippen LogP contribution >= 0.6 is 15.9 Å². The van der Waals surface area contributed by atoms with Crippen LogP contribution in [0.3, 0.4) is 0 Å². The van der Waals surface area contributed by atoms with Crippen molar-refractivity contribution in [3.8, 4) is 5.75 Å². The number of carbonyl (C=O) groups excluding carboxylic acids is 4. The first kappa shape index (κ1) is 40.2. The smallest absolute Gasteiger partial charge is 0.313 e. The van der Waals surface area contributed by atoms with Gasteiger partial charge in [0.15, 0.2) is 0 Å². The number of hydrogen-bond acceptors (Lipinski definition) is 8. The Balaban J connectivity index is 1.50. The molecule has 0 aliphatic carbocycles. The summed E-state index contributed by atoms with van der Waals surface area (Å²) in [5.41, 5.74) is 0.0240. The Labute approximate surface area is 321 Å². The summed E-state index contributed by atoms with van der Waals surface area (Å²) in [6.45, 7) is 10.0. The van der Waals surface area contributed by atoms with Crippen molar-refractivity contribution in [1.82, 2.24) is 9.80 Å². The van der Waals surface area contributed by atoms with Crippen LogP contribution in [0.2, 0.25) is 0 Å². The number of ether oxygens (including phenoxy) is 3. The minimum atomic E-state index is -1.29. The molecule has 11 nitrogen and oxygen atoms in total. The van der Waals surface area contributed by atoms with Crippen molar-refractivity contribution in [3.63, 3.8) is 0 Å². The number of amides is 3. The summed E-state index contributed by atoms with van der Waals surface area (Å²) in [4.78, 5) is 61.8. The van der Waals surface area contributed by atoms with Crippen LogP contribution in [0.4, 0.5) is 5.69 Å². The topological polar surface area (TPSA) is 126 Å². The number of nitrogens with zero attached hydrogens (tertiary/aromatic N) is 3. The highest BCUT2D eigenvalue weighted by molar-refractivity contribution is 9.09. The van der Waals surface area contributed by atoms with Crippen molar-refractivity contribution in [2.75, 3.05) is 38.8 Å². The fraction of sp³-hybridized carbons (Fsp3) is 0.512.